The molecule has 1 N–H and O–H groups in total. The molecule has 2 aromatic carbocycles. The molecule has 2 amide bonds. The number of benzene rings is 2. The molecular formula is C25H30N2O5. The lowest BCUT2D eigenvalue weighted by Gasteiger charge is -2.32. The average molecular weight is 439 g/mol. The Balaban J connectivity index is 1.26. The van der Waals surface area contributed by atoms with Crippen LogP contribution in [0.3, 0.4) is 0 Å². The van der Waals surface area contributed by atoms with E-state index in [0.29, 0.717) is 36.3 Å². The highest BCUT2D eigenvalue weighted by molar-refractivity contribution is 5.97. The number of methoxy groups -OCH3 is 1. The zero-order valence-corrected chi connectivity index (χ0v) is 18.4. The molecule has 0 bridgehead atoms. The van der Waals surface area contributed by atoms with Crippen LogP contribution in [0.5, 0.6) is 17.2 Å². The van der Waals surface area contributed by atoms with Crippen LogP contribution in [-0.2, 0) is 4.79 Å². The van der Waals surface area contributed by atoms with E-state index in [0.717, 1.165) is 38.0 Å². The third-order valence-corrected chi connectivity index (χ3v) is 5.81. The first-order valence-electron chi connectivity index (χ1n) is 11.2. The number of ether oxygens (including phenoxy) is 3. The lowest BCUT2D eigenvalue weighted by molar-refractivity contribution is -0.135. The molecule has 0 spiro atoms. The van der Waals surface area contributed by atoms with Gasteiger partial charge in [-0.1, -0.05) is 12.1 Å². The molecule has 2 fully saturated rings. The van der Waals surface area contributed by atoms with E-state index in [2.05, 4.69) is 5.32 Å². The summed E-state index contributed by atoms with van der Waals surface area (Å²) in [5.74, 6) is 2.07. The van der Waals surface area contributed by atoms with E-state index in [4.69, 9.17) is 14.2 Å². The van der Waals surface area contributed by atoms with E-state index in [-0.39, 0.29) is 24.3 Å². The number of nitrogens with one attached hydrogen (secondary N) is 1. The Hall–Kier alpha value is -3.22. The molecule has 1 unspecified atom stereocenters. The molecule has 1 aliphatic heterocycles. The van der Waals surface area contributed by atoms with E-state index in [9.17, 15) is 9.59 Å². The van der Waals surface area contributed by atoms with Crippen molar-refractivity contribution in [1.29, 1.82) is 0 Å². The SMILES string of the molecule is COc1ccc(OCC(=O)N2CCCC(COc3ccccc3C(=O)NC3CC3)C2)cc1. The first-order chi connectivity index (χ1) is 15.6. The summed E-state index contributed by atoms with van der Waals surface area (Å²) < 4.78 is 16.8. The maximum Gasteiger partial charge on any atom is 0.260 e. The highest BCUT2D eigenvalue weighted by atomic mass is 16.5. The largest absolute Gasteiger partial charge is 0.497 e. The van der Waals surface area contributed by atoms with Gasteiger partial charge in [0, 0.05) is 25.0 Å². The fourth-order valence-electron chi connectivity index (χ4n) is 3.81. The summed E-state index contributed by atoms with van der Waals surface area (Å²) in [4.78, 5) is 27.0. The number of likely N-dealkylation sites (tertiary alicyclic amines) is 1. The van der Waals surface area contributed by atoms with Gasteiger partial charge in [-0.15, -0.1) is 0 Å². The van der Waals surface area contributed by atoms with Gasteiger partial charge in [-0.05, 0) is 62.1 Å². The molecule has 32 heavy (non-hydrogen) atoms. The van der Waals surface area contributed by atoms with E-state index < -0.39 is 0 Å². The predicted molar refractivity (Wildman–Crippen MR) is 120 cm³/mol. The van der Waals surface area contributed by atoms with Crippen LogP contribution in [0.4, 0.5) is 0 Å². The molecule has 0 radical (unpaired) electrons. The minimum Gasteiger partial charge on any atom is -0.497 e. The van der Waals surface area contributed by atoms with Crippen LogP contribution in [0.1, 0.15) is 36.0 Å². The first-order valence-corrected chi connectivity index (χ1v) is 11.2. The molecule has 1 heterocycles. The van der Waals surface area contributed by atoms with Gasteiger partial charge in [0.05, 0.1) is 19.3 Å². The zero-order valence-electron chi connectivity index (χ0n) is 18.4. The summed E-state index contributed by atoms with van der Waals surface area (Å²) in [6.07, 6.45) is 4.00. The number of nitrogens with zero attached hydrogens (tertiary/aromatic N) is 1. The van der Waals surface area contributed by atoms with Crippen LogP contribution >= 0.6 is 0 Å². The molecule has 0 aromatic heterocycles. The second-order valence-electron chi connectivity index (χ2n) is 8.37. The topological polar surface area (TPSA) is 77.1 Å². The minimum absolute atomic E-state index is 0.00404. The molecule has 1 saturated carbocycles. The van der Waals surface area contributed by atoms with Crippen molar-refractivity contribution in [2.24, 2.45) is 5.92 Å². The summed E-state index contributed by atoms with van der Waals surface area (Å²) in [6.45, 7) is 1.82. The van der Waals surface area contributed by atoms with E-state index in [1.807, 2.05) is 23.1 Å². The highest BCUT2D eigenvalue weighted by Gasteiger charge is 2.27. The Kier molecular flexibility index (Phi) is 7.14. The quantitative estimate of drug-likeness (QED) is 0.650. The van der Waals surface area contributed by atoms with E-state index >= 15 is 0 Å². The lowest BCUT2D eigenvalue weighted by atomic mass is 9.99. The Morgan fingerprint density at radius 2 is 1.75 bits per heavy atom. The molecule has 1 aliphatic carbocycles. The monoisotopic (exact) mass is 438 g/mol. The van der Waals surface area contributed by atoms with Crippen molar-refractivity contribution in [3.63, 3.8) is 0 Å². The third-order valence-electron chi connectivity index (χ3n) is 5.81. The van der Waals surface area contributed by atoms with Crippen LogP contribution in [0, 0.1) is 5.92 Å². The number of amides is 2. The van der Waals surface area contributed by atoms with Crippen LogP contribution < -0.4 is 19.5 Å². The number of rotatable bonds is 9. The molecule has 7 heteroatoms. The van der Waals surface area contributed by atoms with Crippen LogP contribution in [0.15, 0.2) is 48.5 Å². The van der Waals surface area contributed by atoms with Crippen molar-refractivity contribution >= 4 is 11.8 Å². The molecule has 170 valence electrons. The van der Waals surface area contributed by atoms with Crippen molar-refractivity contribution in [3.8, 4) is 17.2 Å². The molecule has 7 nitrogen and oxygen atoms in total. The van der Waals surface area contributed by atoms with Gasteiger partial charge in [-0.2, -0.15) is 0 Å². The Bertz CT molecular complexity index is 926. The Morgan fingerprint density at radius 1 is 1.00 bits per heavy atom. The second kappa shape index (κ2) is 10.4. The molecular weight excluding hydrogens is 408 g/mol. The molecule has 1 atom stereocenters. The van der Waals surface area contributed by atoms with E-state index in [1.54, 1.807) is 37.4 Å². The van der Waals surface area contributed by atoms with E-state index in [1.165, 1.54) is 0 Å². The number of carbonyl (C=O) groups is 2. The van der Waals surface area contributed by atoms with Crippen LogP contribution in [0.2, 0.25) is 0 Å². The minimum atomic E-state index is -0.0840. The third kappa shape index (κ3) is 5.93. The average Bonchev–Trinajstić information content (AvgIpc) is 3.66. The maximum absolute atomic E-state index is 12.6. The highest BCUT2D eigenvalue weighted by Crippen LogP contribution is 2.25. The summed E-state index contributed by atoms with van der Waals surface area (Å²) >= 11 is 0. The smallest absolute Gasteiger partial charge is 0.260 e. The fraction of sp³-hybridized carbons (Fsp3) is 0.440. The number of piperidine rings is 1. The Morgan fingerprint density at radius 3 is 2.50 bits per heavy atom. The maximum atomic E-state index is 12.6. The lowest BCUT2D eigenvalue weighted by Crippen LogP contribution is -2.43. The number of para-hydroxylation sites is 1. The number of carbonyl (C=O) groups excluding carboxylic acids is 2. The van der Waals surface area contributed by atoms with Crippen molar-refractivity contribution in [2.75, 3.05) is 33.4 Å². The van der Waals surface area contributed by atoms with Crippen molar-refractivity contribution in [1.82, 2.24) is 10.2 Å². The molecule has 2 aromatic rings. The van der Waals surface area contributed by atoms with Gasteiger partial charge in [0.1, 0.15) is 17.2 Å². The van der Waals surface area contributed by atoms with Gasteiger partial charge in [-0.3, -0.25) is 9.59 Å². The summed E-state index contributed by atoms with van der Waals surface area (Å²) in [6, 6.07) is 14.8. The van der Waals surface area contributed by atoms with Gasteiger partial charge in [0.2, 0.25) is 0 Å². The van der Waals surface area contributed by atoms with Gasteiger partial charge < -0.3 is 24.4 Å². The second-order valence-corrected chi connectivity index (χ2v) is 8.37. The van der Waals surface area contributed by atoms with Crippen molar-refractivity contribution in [3.05, 3.63) is 54.1 Å². The standard InChI is InChI=1S/C25H30N2O5/c1-30-20-10-12-21(13-11-20)31-17-24(28)27-14-4-5-18(15-27)16-32-23-7-3-2-6-22(23)25(29)26-19-8-9-19/h2-3,6-7,10-13,18-19H,4-5,8-9,14-17H2,1H3,(H,26,29). The molecule has 1 saturated heterocycles. The van der Waals surface area contributed by atoms with Crippen molar-refractivity contribution < 1.29 is 23.8 Å². The number of hydrogen-bond donors (Lipinski definition) is 1. The summed E-state index contributed by atoms with van der Waals surface area (Å²) in [5, 5.41) is 3.01. The number of hydrogen-bond acceptors (Lipinski definition) is 5. The molecule has 2 aliphatic rings. The van der Waals surface area contributed by atoms with Gasteiger partial charge in [-0.25, -0.2) is 0 Å². The fourth-order valence-corrected chi connectivity index (χ4v) is 3.81. The van der Waals surface area contributed by atoms with Crippen molar-refractivity contribution in [2.45, 2.75) is 31.7 Å². The van der Waals surface area contributed by atoms with Gasteiger partial charge in [0.15, 0.2) is 6.61 Å². The van der Waals surface area contributed by atoms with Crippen LogP contribution in [0.25, 0.3) is 0 Å². The van der Waals surface area contributed by atoms with Gasteiger partial charge >= 0.3 is 0 Å². The zero-order chi connectivity index (χ0) is 22.3. The van der Waals surface area contributed by atoms with Gasteiger partial charge in [0.25, 0.3) is 11.8 Å². The Labute approximate surface area is 188 Å². The predicted octanol–water partition coefficient (Wildman–Crippen LogP) is 3.28. The first kappa shape index (κ1) is 22.0. The van der Waals surface area contributed by atoms with Crippen LogP contribution in [-0.4, -0.2) is 56.2 Å². The summed E-state index contributed by atoms with van der Waals surface area (Å²) in [5.41, 5.74) is 0.566. The molecule has 4 rings (SSSR count). The normalized spacial score (nSPS) is 18.0. The summed E-state index contributed by atoms with van der Waals surface area (Å²) in [7, 11) is 1.61.